The molecule has 0 aromatic heterocycles. The summed E-state index contributed by atoms with van der Waals surface area (Å²) in [7, 11) is 0. The van der Waals surface area contributed by atoms with Crippen LogP contribution < -0.4 is 5.32 Å². The first-order valence-electron chi connectivity index (χ1n) is 6.33. The van der Waals surface area contributed by atoms with Gasteiger partial charge in [0.15, 0.2) is 0 Å². The molecule has 98 valence electrons. The van der Waals surface area contributed by atoms with Crippen molar-refractivity contribution in [3.63, 3.8) is 0 Å². The van der Waals surface area contributed by atoms with Gasteiger partial charge in [-0.25, -0.2) is 0 Å². The zero-order valence-corrected chi connectivity index (χ0v) is 11.0. The van der Waals surface area contributed by atoms with Gasteiger partial charge in [0.05, 0.1) is 0 Å². The Labute approximate surface area is 117 Å². The van der Waals surface area contributed by atoms with Crippen LogP contribution in [-0.2, 0) is 10.4 Å². The Morgan fingerprint density at radius 1 is 1.15 bits per heavy atom. The molecule has 1 heterocycles. The number of hydrogen-bond acceptors (Lipinski definition) is 2. The van der Waals surface area contributed by atoms with E-state index in [4.69, 9.17) is 0 Å². The summed E-state index contributed by atoms with van der Waals surface area (Å²) in [5.41, 5.74) is 1.09. The predicted molar refractivity (Wildman–Crippen MR) is 77.0 cm³/mol. The van der Waals surface area contributed by atoms with Gasteiger partial charge in [-0.05, 0) is 37.1 Å². The second-order valence-corrected chi connectivity index (χ2v) is 4.83. The maximum atomic E-state index is 12.0. The molecule has 0 saturated heterocycles. The summed E-state index contributed by atoms with van der Waals surface area (Å²) in [5.74, 6) is 5.06. The van der Waals surface area contributed by atoms with Crippen molar-refractivity contribution in [1.29, 1.82) is 0 Å². The molecule has 0 saturated carbocycles. The van der Waals surface area contributed by atoms with Crippen LogP contribution in [0.15, 0.2) is 48.5 Å². The van der Waals surface area contributed by atoms with Crippen LogP contribution in [-0.4, -0.2) is 11.0 Å². The molecule has 1 atom stereocenters. The van der Waals surface area contributed by atoms with Crippen LogP contribution in [0, 0.1) is 18.8 Å². The van der Waals surface area contributed by atoms with E-state index in [1.165, 1.54) is 0 Å². The fourth-order valence-corrected chi connectivity index (χ4v) is 2.21. The van der Waals surface area contributed by atoms with Crippen molar-refractivity contribution in [2.45, 2.75) is 12.5 Å². The van der Waals surface area contributed by atoms with Gasteiger partial charge in [-0.2, -0.15) is 0 Å². The highest BCUT2D eigenvalue weighted by Crippen LogP contribution is 2.36. The number of aliphatic hydroxyl groups is 1. The molecule has 0 radical (unpaired) electrons. The maximum absolute atomic E-state index is 12.0. The maximum Gasteiger partial charge on any atom is 0.274 e. The Kier molecular flexibility index (Phi) is 2.81. The highest BCUT2D eigenvalue weighted by Gasteiger charge is 2.44. The van der Waals surface area contributed by atoms with Gasteiger partial charge >= 0.3 is 0 Å². The molecule has 0 aliphatic carbocycles. The summed E-state index contributed by atoms with van der Waals surface area (Å²) in [6.45, 7) is 1.91. The summed E-state index contributed by atoms with van der Waals surface area (Å²) < 4.78 is 0. The molecule has 2 aromatic carbocycles. The average molecular weight is 263 g/mol. The third-order valence-electron chi connectivity index (χ3n) is 3.30. The quantitative estimate of drug-likeness (QED) is 0.716. The molecular formula is C17H13NO2. The molecule has 0 spiro atoms. The second-order valence-electron chi connectivity index (χ2n) is 4.83. The van der Waals surface area contributed by atoms with Gasteiger partial charge in [-0.3, -0.25) is 4.79 Å². The lowest BCUT2D eigenvalue weighted by Gasteiger charge is -2.13. The molecule has 2 N–H and O–H groups in total. The Bertz CT molecular complexity index is 741. The SMILES string of the molecule is Cc1ccc2c(c1)[C@@](O)(C#Cc1ccccc1)C(=O)N2. The van der Waals surface area contributed by atoms with Crippen LogP contribution in [0.5, 0.6) is 0 Å². The van der Waals surface area contributed by atoms with E-state index in [0.717, 1.165) is 11.1 Å². The largest absolute Gasteiger partial charge is 0.366 e. The van der Waals surface area contributed by atoms with Gasteiger partial charge in [0, 0.05) is 16.8 Å². The smallest absolute Gasteiger partial charge is 0.274 e. The normalized spacial score (nSPS) is 19.8. The molecule has 3 nitrogen and oxygen atoms in total. The molecule has 3 heteroatoms. The number of carbonyl (C=O) groups is 1. The number of carbonyl (C=O) groups excluding carboxylic acids is 1. The fraction of sp³-hybridized carbons (Fsp3) is 0.118. The minimum Gasteiger partial charge on any atom is -0.366 e. The van der Waals surface area contributed by atoms with Crippen LogP contribution in [0.25, 0.3) is 0 Å². The van der Waals surface area contributed by atoms with E-state index >= 15 is 0 Å². The Morgan fingerprint density at radius 3 is 2.65 bits per heavy atom. The van der Waals surface area contributed by atoms with Crippen LogP contribution >= 0.6 is 0 Å². The van der Waals surface area contributed by atoms with Crippen LogP contribution in [0.3, 0.4) is 0 Å². The van der Waals surface area contributed by atoms with E-state index in [1.807, 2.05) is 43.3 Å². The molecule has 0 fully saturated rings. The summed E-state index contributed by atoms with van der Waals surface area (Å²) in [4.78, 5) is 12.0. The topological polar surface area (TPSA) is 49.3 Å². The van der Waals surface area contributed by atoms with Crippen LogP contribution in [0.1, 0.15) is 16.7 Å². The monoisotopic (exact) mass is 263 g/mol. The first kappa shape index (κ1) is 12.5. The highest BCUT2D eigenvalue weighted by molar-refractivity contribution is 6.07. The zero-order chi connectivity index (χ0) is 14.2. The number of aryl methyl sites for hydroxylation is 1. The molecule has 20 heavy (non-hydrogen) atoms. The van der Waals surface area contributed by atoms with Crippen LogP contribution in [0.4, 0.5) is 5.69 Å². The van der Waals surface area contributed by atoms with Gasteiger partial charge in [0.1, 0.15) is 0 Å². The Balaban J connectivity index is 2.07. The number of hydrogen-bond donors (Lipinski definition) is 2. The van der Waals surface area contributed by atoms with E-state index in [1.54, 1.807) is 12.1 Å². The Hall–Kier alpha value is -2.57. The molecule has 0 unspecified atom stereocenters. The van der Waals surface area contributed by atoms with E-state index < -0.39 is 11.5 Å². The van der Waals surface area contributed by atoms with Crippen molar-refractivity contribution < 1.29 is 9.90 Å². The van der Waals surface area contributed by atoms with Crippen molar-refractivity contribution in [2.24, 2.45) is 0 Å². The summed E-state index contributed by atoms with van der Waals surface area (Å²) >= 11 is 0. The van der Waals surface area contributed by atoms with Crippen molar-refractivity contribution in [3.8, 4) is 11.8 Å². The van der Waals surface area contributed by atoms with Gasteiger partial charge in [0.25, 0.3) is 5.91 Å². The number of anilines is 1. The molecule has 1 aliphatic heterocycles. The predicted octanol–water partition coefficient (Wildman–Crippen LogP) is 2.19. The van der Waals surface area contributed by atoms with Crippen molar-refractivity contribution in [2.75, 3.05) is 5.32 Å². The number of rotatable bonds is 0. The summed E-state index contributed by atoms with van der Waals surface area (Å²) in [6, 6.07) is 14.7. The Morgan fingerprint density at radius 2 is 1.90 bits per heavy atom. The first-order chi connectivity index (χ1) is 9.59. The lowest BCUT2D eigenvalue weighted by Crippen LogP contribution is -2.32. The number of fused-ring (bicyclic) bond motifs is 1. The van der Waals surface area contributed by atoms with Crippen molar-refractivity contribution >= 4 is 11.6 Å². The lowest BCUT2D eigenvalue weighted by molar-refractivity contribution is -0.128. The first-order valence-corrected chi connectivity index (χ1v) is 6.33. The number of benzene rings is 2. The molecule has 3 rings (SSSR count). The highest BCUT2D eigenvalue weighted by atomic mass is 16.3. The standard InChI is InChI=1S/C17H13NO2/c1-12-7-8-15-14(11-12)17(20,16(19)18-15)10-9-13-5-3-2-4-6-13/h2-8,11,20H,1H3,(H,18,19)/t17-/m0/s1. The minimum atomic E-state index is -1.78. The third kappa shape index (κ3) is 1.97. The van der Waals surface area contributed by atoms with E-state index in [9.17, 15) is 9.90 Å². The van der Waals surface area contributed by atoms with Gasteiger partial charge < -0.3 is 10.4 Å². The number of nitrogens with one attached hydrogen (secondary N) is 1. The molecule has 1 aliphatic rings. The van der Waals surface area contributed by atoms with Crippen molar-refractivity contribution in [3.05, 3.63) is 65.2 Å². The minimum absolute atomic E-state index is 0.499. The second kappa shape index (κ2) is 4.52. The zero-order valence-electron chi connectivity index (χ0n) is 11.0. The van der Waals surface area contributed by atoms with Gasteiger partial charge in [0.2, 0.25) is 5.60 Å². The van der Waals surface area contributed by atoms with E-state index in [-0.39, 0.29) is 0 Å². The fourth-order valence-electron chi connectivity index (χ4n) is 2.21. The molecule has 1 amide bonds. The average Bonchev–Trinajstić information content (AvgIpc) is 2.71. The molecule has 2 aromatic rings. The summed E-state index contributed by atoms with van der Waals surface area (Å²) in [6.07, 6.45) is 0. The van der Waals surface area contributed by atoms with Crippen molar-refractivity contribution in [1.82, 2.24) is 0 Å². The van der Waals surface area contributed by atoms with Crippen LogP contribution in [0.2, 0.25) is 0 Å². The molecular weight excluding hydrogens is 250 g/mol. The third-order valence-corrected chi connectivity index (χ3v) is 3.30. The summed E-state index contributed by atoms with van der Waals surface area (Å²) in [5, 5.41) is 13.3. The van der Waals surface area contributed by atoms with E-state index in [2.05, 4.69) is 17.2 Å². The molecule has 0 bridgehead atoms. The lowest BCUT2D eigenvalue weighted by atomic mass is 9.94. The van der Waals surface area contributed by atoms with E-state index in [0.29, 0.717) is 11.3 Å². The number of amides is 1. The van der Waals surface area contributed by atoms with Gasteiger partial charge in [-0.15, -0.1) is 0 Å². The van der Waals surface area contributed by atoms with Gasteiger partial charge in [-0.1, -0.05) is 35.7 Å².